The highest BCUT2D eigenvalue weighted by molar-refractivity contribution is 7.38. The van der Waals surface area contributed by atoms with E-state index in [1.807, 2.05) is 11.6 Å². The van der Waals surface area contributed by atoms with Crippen molar-refractivity contribution in [1.82, 2.24) is 15.1 Å². The zero-order valence-corrected chi connectivity index (χ0v) is 10.9. The minimum Gasteiger partial charge on any atom is -0.476 e. The second-order valence-corrected chi connectivity index (χ2v) is 5.84. The number of nitrogens with zero attached hydrogens (tertiary/aromatic N) is 2. The topological polar surface area (TPSA) is 67.1 Å². The van der Waals surface area contributed by atoms with Gasteiger partial charge in [0, 0.05) is 18.8 Å². The van der Waals surface area contributed by atoms with Crippen LogP contribution in [0.1, 0.15) is 16.2 Å². The molecule has 1 saturated heterocycles. The number of aromatic nitrogens is 2. The molecule has 0 radical (unpaired) electrons. The van der Waals surface area contributed by atoms with E-state index < -0.39 is 5.97 Å². The molecule has 2 heterocycles. The van der Waals surface area contributed by atoms with Gasteiger partial charge in [0.1, 0.15) is 0 Å². The van der Waals surface area contributed by atoms with E-state index in [1.165, 1.54) is 12.3 Å². The van der Waals surface area contributed by atoms with Gasteiger partial charge in [0.25, 0.3) is 0 Å². The summed E-state index contributed by atoms with van der Waals surface area (Å²) < 4.78 is 1.82. The first-order chi connectivity index (χ1) is 8.16. The van der Waals surface area contributed by atoms with Crippen LogP contribution in [0.4, 0.5) is 0 Å². The maximum Gasteiger partial charge on any atom is 0.356 e. The highest BCUT2D eigenvalue weighted by Crippen LogP contribution is 2.19. The van der Waals surface area contributed by atoms with Gasteiger partial charge in [-0.1, -0.05) is 0 Å². The van der Waals surface area contributed by atoms with Gasteiger partial charge in [-0.2, -0.15) is 5.10 Å². The molecule has 2 rings (SSSR count). The van der Waals surface area contributed by atoms with Crippen LogP contribution < -0.4 is 5.32 Å². The molecule has 2 unspecified atom stereocenters. The van der Waals surface area contributed by atoms with Gasteiger partial charge in [-0.15, -0.1) is 8.58 Å². The highest BCUT2D eigenvalue weighted by atomic mass is 31.1. The van der Waals surface area contributed by atoms with Gasteiger partial charge in [0.15, 0.2) is 5.69 Å². The summed E-state index contributed by atoms with van der Waals surface area (Å²) in [5, 5.41) is 16.4. The Balaban J connectivity index is 2.04. The lowest BCUT2D eigenvalue weighted by Gasteiger charge is -2.15. The van der Waals surface area contributed by atoms with Crippen LogP contribution in [0.25, 0.3) is 0 Å². The van der Waals surface area contributed by atoms with Crippen molar-refractivity contribution in [1.29, 1.82) is 0 Å². The predicted octanol–water partition coefficient (Wildman–Crippen LogP) is 0.788. The maximum absolute atomic E-state index is 10.8. The summed E-state index contributed by atoms with van der Waals surface area (Å²) in [4.78, 5) is 10.8. The van der Waals surface area contributed by atoms with E-state index in [9.17, 15) is 4.79 Å². The molecular weight excluding hydrogens is 237 g/mol. The molecule has 1 aromatic rings. The van der Waals surface area contributed by atoms with Crippen LogP contribution in [0.2, 0.25) is 0 Å². The lowest BCUT2D eigenvalue weighted by atomic mass is 10.2. The number of carbonyl (C=O) groups is 1. The Morgan fingerprint density at radius 2 is 2.59 bits per heavy atom. The highest BCUT2D eigenvalue weighted by Gasteiger charge is 2.16. The smallest absolute Gasteiger partial charge is 0.356 e. The third-order valence-corrected chi connectivity index (χ3v) is 4.45. The first kappa shape index (κ1) is 12.5. The molecule has 5 nitrogen and oxygen atoms in total. The molecule has 17 heavy (non-hydrogen) atoms. The van der Waals surface area contributed by atoms with Crippen molar-refractivity contribution in [3.05, 3.63) is 17.5 Å². The van der Waals surface area contributed by atoms with Gasteiger partial charge in [-0.05, 0) is 37.8 Å². The van der Waals surface area contributed by atoms with Crippen LogP contribution in [0, 0.1) is 12.8 Å². The molecule has 94 valence electrons. The largest absolute Gasteiger partial charge is 0.476 e. The first-order valence-electron chi connectivity index (χ1n) is 5.86. The van der Waals surface area contributed by atoms with Gasteiger partial charge in [0.2, 0.25) is 0 Å². The van der Waals surface area contributed by atoms with Crippen molar-refractivity contribution in [2.24, 2.45) is 5.92 Å². The molecule has 0 saturated carbocycles. The van der Waals surface area contributed by atoms with E-state index in [4.69, 9.17) is 5.11 Å². The Kier molecular flexibility index (Phi) is 4.13. The molecule has 1 aliphatic heterocycles. The van der Waals surface area contributed by atoms with Gasteiger partial charge < -0.3 is 10.4 Å². The summed E-state index contributed by atoms with van der Waals surface area (Å²) in [6.07, 6.45) is 2.48. The number of aromatic carboxylic acids is 1. The standard InChI is InChI=1S/C11H18N3O2P/c1-8-4-10(11(15)16)13-14(8)6-9-5-12-2-3-17-7-9/h4,9,12,17H,2-3,5-7H2,1H3,(H,15,16). The van der Waals surface area contributed by atoms with E-state index in [0.717, 1.165) is 33.9 Å². The minimum absolute atomic E-state index is 0.145. The summed E-state index contributed by atoms with van der Waals surface area (Å²) in [5.74, 6) is -0.385. The van der Waals surface area contributed by atoms with Crippen molar-refractivity contribution in [2.45, 2.75) is 13.5 Å². The summed E-state index contributed by atoms with van der Waals surface area (Å²) >= 11 is 0. The van der Waals surface area contributed by atoms with Crippen LogP contribution in [0.5, 0.6) is 0 Å². The minimum atomic E-state index is -0.951. The first-order valence-corrected chi connectivity index (χ1v) is 7.27. The fraction of sp³-hybridized carbons (Fsp3) is 0.636. The Bertz CT molecular complexity index is 397. The number of carboxylic acids is 1. The summed E-state index contributed by atoms with van der Waals surface area (Å²) in [6, 6.07) is 1.63. The molecular formula is C11H18N3O2P. The number of rotatable bonds is 3. The molecule has 6 heteroatoms. The number of hydrogen-bond acceptors (Lipinski definition) is 3. The molecule has 0 amide bonds. The van der Waals surface area contributed by atoms with E-state index in [-0.39, 0.29) is 5.69 Å². The molecule has 1 aliphatic rings. The molecule has 2 N–H and O–H groups in total. The Labute approximate surface area is 102 Å². The quantitative estimate of drug-likeness (QED) is 0.784. The third kappa shape index (κ3) is 3.27. The van der Waals surface area contributed by atoms with Crippen LogP contribution >= 0.6 is 8.58 Å². The predicted molar refractivity (Wildman–Crippen MR) is 68.3 cm³/mol. The summed E-state index contributed by atoms with van der Waals surface area (Å²) in [6.45, 7) is 4.84. The van der Waals surface area contributed by atoms with Crippen molar-refractivity contribution in [3.63, 3.8) is 0 Å². The van der Waals surface area contributed by atoms with Gasteiger partial charge in [-0.25, -0.2) is 4.79 Å². The molecule has 2 atom stereocenters. The molecule has 1 fully saturated rings. The Hall–Kier alpha value is -0.930. The fourth-order valence-corrected chi connectivity index (χ4v) is 3.27. The second kappa shape index (κ2) is 5.61. The van der Waals surface area contributed by atoms with E-state index in [0.29, 0.717) is 5.92 Å². The van der Waals surface area contributed by atoms with Crippen LogP contribution in [0.15, 0.2) is 6.07 Å². The molecule has 0 aliphatic carbocycles. The number of nitrogens with one attached hydrogen (secondary N) is 1. The average molecular weight is 255 g/mol. The SMILES string of the molecule is Cc1cc(C(=O)O)nn1CC1CNCCPC1. The molecule has 0 bridgehead atoms. The van der Waals surface area contributed by atoms with Crippen molar-refractivity contribution >= 4 is 14.6 Å². The number of carboxylic acid groups (broad SMARTS) is 1. The van der Waals surface area contributed by atoms with Gasteiger partial charge in [-0.3, -0.25) is 4.68 Å². The Morgan fingerprint density at radius 3 is 3.29 bits per heavy atom. The van der Waals surface area contributed by atoms with Crippen LogP contribution in [-0.4, -0.2) is 46.3 Å². The number of hydrogen-bond donors (Lipinski definition) is 2. The average Bonchev–Trinajstić information content (AvgIpc) is 2.52. The fourth-order valence-electron chi connectivity index (χ4n) is 2.03. The molecule has 1 aromatic heterocycles. The normalized spacial score (nSPS) is 22.5. The summed E-state index contributed by atoms with van der Waals surface area (Å²) in [5.41, 5.74) is 1.07. The lowest BCUT2D eigenvalue weighted by molar-refractivity contribution is 0.0689. The zero-order valence-electron chi connectivity index (χ0n) is 9.94. The van der Waals surface area contributed by atoms with Crippen molar-refractivity contribution in [3.8, 4) is 0 Å². The lowest BCUT2D eigenvalue weighted by Crippen LogP contribution is -2.26. The van der Waals surface area contributed by atoms with Crippen LogP contribution in [0.3, 0.4) is 0 Å². The second-order valence-electron chi connectivity index (χ2n) is 4.43. The molecule has 0 spiro atoms. The summed E-state index contributed by atoms with van der Waals surface area (Å²) in [7, 11) is 1.01. The van der Waals surface area contributed by atoms with E-state index in [1.54, 1.807) is 6.07 Å². The van der Waals surface area contributed by atoms with Gasteiger partial charge in [0.05, 0.1) is 0 Å². The maximum atomic E-state index is 10.8. The van der Waals surface area contributed by atoms with Gasteiger partial charge >= 0.3 is 5.97 Å². The third-order valence-electron chi connectivity index (χ3n) is 2.98. The molecule has 0 aromatic carbocycles. The zero-order chi connectivity index (χ0) is 12.3. The number of aryl methyl sites for hydroxylation is 1. The monoisotopic (exact) mass is 255 g/mol. The van der Waals surface area contributed by atoms with Crippen molar-refractivity contribution < 1.29 is 9.90 Å². The van der Waals surface area contributed by atoms with E-state index in [2.05, 4.69) is 10.4 Å². The van der Waals surface area contributed by atoms with Crippen molar-refractivity contribution in [2.75, 3.05) is 25.4 Å². The van der Waals surface area contributed by atoms with E-state index >= 15 is 0 Å². The van der Waals surface area contributed by atoms with Crippen LogP contribution in [-0.2, 0) is 6.54 Å². The Morgan fingerprint density at radius 1 is 1.76 bits per heavy atom.